The van der Waals surface area contributed by atoms with E-state index in [9.17, 15) is 4.79 Å². The van der Waals surface area contributed by atoms with Gasteiger partial charge in [-0.1, -0.05) is 5.16 Å². The second-order valence-electron chi connectivity index (χ2n) is 4.95. The Hall–Kier alpha value is -2.15. The van der Waals surface area contributed by atoms with Crippen molar-refractivity contribution in [3.63, 3.8) is 0 Å². The SMILES string of the molecule is Cc1cc(C[C@@H]2COC[C@@H]2NC(=O)c2ncc[nH]2)on1. The average Bonchev–Trinajstić information content (AvgIpc) is 3.13. The normalized spacial score (nSPS) is 22.1. The van der Waals surface area contributed by atoms with Gasteiger partial charge in [-0.25, -0.2) is 4.98 Å². The van der Waals surface area contributed by atoms with Crippen LogP contribution < -0.4 is 5.32 Å². The van der Waals surface area contributed by atoms with Gasteiger partial charge in [0.25, 0.3) is 5.91 Å². The Morgan fingerprint density at radius 3 is 3.15 bits per heavy atom. The predicted octanol–water partition coefficient (Wildman–Crippen LogP) is 0.694. The number of amides is 1. The third-order valence-corrected chi connectivity index (χ3v) is 3.37. The molecule has 0 aliphatic carbocycles. The molecule has 2 aromatic rings. The Balaban J connectivity index is 1.62. The molecule has 20 heavy (non-hydrogen) atoms. The third-order valence-electron chi connectivity index (χ3n) is 3.37. The number of imidazole rings is 1. The summed E-state index contributed by atoms with van der Waals surface area (Å²) in [4.78, 5) is 18.7. The van der Waals surface area contributed by atoms with E-state index in [0.717, 1.165) is 11.5 Å². The van der Waals surface area contributed by atoms with Crippen LogP contribution in [0.4, 0.5) is 0 Å². The van der Waals surface area contributed by atoms with Crippen molar-refractivity contribution in [2.45, 2.75) is 19.4 Å². The smallest absolute Gasteiger partial charge is 0.287 e. The molecule has 2 aromatic heterocycles. The average molecular weight is 276 g/mol. The standard InChI is InChI=1S/C13H16N4O3/c1-8-4-10(20-17-8)5-9-6-19-7-11(9)16-13(18)12-14-2-3-15-12/h2-4,9,11H,5-7H2,1H3,(H,14,15)(H,16,18)/t9-,11+/m1/s1. The Morgan fingerprint density at radius 2 is 2.45 bits per heavy atom. The van der Waals surface area contributed by atoms with Gasteiger partial charge >= 0.3 is 0 Å². The third kappa shape index (κ3) is 2.72. The van der Waals surface area contributed by atoms with E-state index in [1.807, 2.05) is 13.0 Å². The summed E-state index contributed by atoms with van der Waals surface area (Å²) in [7, 11) is 0. The van der Waals surface area contributed by atoms with Crippen molar-refractivity contribution in [1.82, 2.24) is 20.4 Å². The maximum atomic E-state index is 12.0. The minimum Gasteiger partial charge on any atom is -0.379 e. The van der Waals surface area contributed by atoms with Gasteiger partial charge in [0.05, 0.1) is 24.9 Å². The predicted molar refractivity (Wildman–Crippen MR) is 69.1 cm³/mol. The number of nitrogens with one attached hydrogen (secondary N) is 2. The zero-order chi connectivity index (χ0) is 13.9. The molecular weight excluding hydrogens is 260 g/mol. The molecule has 1 amide bonds. The van der Waals surface area contributed by atoms with Crippen LogP contribution in [0.1, 0.15) is 22.1 Å². The van der Waals surface area contributed by atoms with Crippen molar-refractivity contribution in [2.24, 2.45) is 5.92 Å². The zero-order valence-electron chi connectivity index (χ0n) is 11.1. The zero-order valence-corrected chi connectivity index (χ0v) is 11.1. The van der Waals surface area contributed by atoms with Gasteiger partial charge in [0.1, 0.15) is 5.76 Å². The molecule has 1 aliphatic rings. The summed E-state index contributed by atoms with van der Waals surface area (Å²) < 4.78 is 10.7. The monoisotopic (exact) mass is 276 g/mol. The van der Waals surface area contributed by atoms with Gasteiger partial charge in [-0.3, -0.25) is 4.79 Å². The van der Waals surface area contributed by atoms with Crippen molar-refractivity contribution in [1.29, 1.82) is 0 Å². The second kappa shape index (κ2) is 5.46. The van der Waals surface area contributed by atoms with Gasteiger partial charge in [0, 0.05) is 30.8 Å². The van der Waals surface area contributed by atoms with Crippen LogP contribution in [0.15, 0.2) is 23.0 Å². The van der Waals surface area contributed by atoms with Crippen LogP contribution in [0, 0.1) is 12.8 Å². The number of carbonyl (C=O) groups excluding carboxylic acids is 1. The Bertz CT molecular complexity index is 578. The lowest BCUT2D eigenvalue weighted by molar-refractivity contribution is 0.0915. The summed E-state index contributed by atoms with van der Waals surface area (Å²) in [5.74, 6) is 1.09. The molecule has 1 aliphatic heterocycles. The Kier molecular flexibility index (Phi) is 3.51. The van der Waals surface area contributed by atoms with Crippen LogP contribution in [-0.2, 0) is 11.2 Å². The lowest BCUT2D eigenvalue weighted by Crippen LogP contribution is -2.41. The Morgan fingerprint density at radius 1 is 1.55 bits per heavy atom. The van der Waals surface area contributed by atoms with E-state index in [0.29, 0.717) is 25.5 Å². The molecule has 3 heterocycles. The van der Waals surface area contributed by atoms with Gasteiger partial charge in [0.15, 0.2) is 5.82 Å². The number of hydrogen-bond donors (Lipinski definition) is 2. The van der Waals surface area contributed by atoms with Gasteiger partial charge in [-0.15, -0.1) is 0 Å². The minimum absolute atomic E-state index is 0.0435. The van der Waals surface area contributed by atoms with Crippen molar-refractivity contribution in [2.75, 3.05) is 13.2 Å². The summed E-state index contributed by atoms with van der Waals surface area (Å²) in [5, 5.41) is 6.81. The highest BCUT2D eigenvalue weighted by Gasteiger charge is 2.31. The van der Waals surface area contributed by atoms with Crippen LogP contribution in [0.5, 0.6) is 0 Å². The Labute approximate surface area is 115 Å². The van der Waals surface area contributed by atoms with E-state index < -0.39 is 0 Å². The van der Waals surface area contributed by atoms with Gasteiger partial charge in [-0.2, -0.15) is 0 Å². The number of aromatic nitrogens is 3. The van der Waals surface area contributed by atoms with Crippen LogP contribution >= 0.6 is 0 Å². The molecule has 0 spiro atoms. The number of ether oxygens (including phenoxy) is 1. The number of carbonyl (C=O) groups is 1. The van der Waals surface area contributed by atoms with Crippen molar-refractivity contribution in [3.05, 3.63) is 35.7 Å². The van der Waals surface area contributed by atoms with E-state index in [-0.39, 0.29) is 17.9 Å². The van der Waals surface area contributed by atoms with Gasteiger partial charge < -0.3 is 19.6 Å². The fraction of sp³-hybridized carbons (Fsp3) is 0.462. The van der Waals surface area contributed by atoms with Gasteiger partial charge in [-0.05, 0) is 6.92 Å². The van der Waals surface area contributed by atoms with Crippen molar-refractivity contribution in [3.8, 4) is 0 Å². The molecule has 106 valence electrons. The van der Waals surface area contributed by atoms with Crippen LogP contribution in [0.2, 0.25) is 0 Å². The fourth-order valence-electron chi connectivity index (χ4n) is 2.36. The first-order chi connectivity index (χ1) is 9.72. The highest BCUT2D eigenvalue weighted by Crippen LogP contribution is 2.20. The lowest BCUT2D eigenvalue weighted by atomic mass is 9.98. The number of aryl methyl sites for hydroxylation is 1. The molecule has 2 atom stereocenters. The van der Waals surface area contributed by atoms with Crippen LogP contribution in [0.3, 0.4) is 0 Å². The highest BCUT2D eigenvalue weighted by atomic mass is 16.5. The quantitative estimate of drug-likeness (QED) is 0.857. The molecular formula is C13H16N4O3. The maximum Gasteiger partial charge on any atom is 0.287 e. The topological polar surface area (TPSA) is 93.0 Å². The molecule has 0 aromatic carbocycles. The number of H-pyrrole nitrogens is 1. The van der Waals surface area contributed by atoms with Crippen molar-refractivity contribution >= 4 is 5.91 Å². The molecule has 3 rings (SSSR count). The van der Waals surface area contributed by atoms with Gasteiger partial charge in [0.2, 0.25) is 0 Å². The highest BCUT2D eigenvalue weighted by molar-refractivity contribution is 5.90. The summed E-state index contributed by atoms with van der Waals surface area (Å²) in [6, 6.07) is 1.86. The van der Waals surface area contributed by atoms with Crippen LogP contribution in [0.25, 0.3) is 0 Å². The molecule has 0 radical (unpaired) electrons. The first kappa shape index (κ1) is 12.9. The summed E-state index contributed by atoms with van der Waals surface area (Å²) in [5.41, 5.74) is 0.857. The number of nitrogens with zero attached hydrogens (tertiary/aromatic N) is 2. The van der Waals surface area contributed by atoms with E-state index in [1.54, 1.807) is 12.4 Å². The molecule has 2 N–H and O–H groups in total. The molecule has 7 nitrogen and oxygen atoms in total. The van der Waals surface area contributed by atoms with Crippen molar-refractivity contribution < 1.29 is 14.1 Å². The molecule has 0 bridgehead atoms. The second-order valence-corrected chi connectivity index (χ2v) is 4.95. The van der Waals surface area contributed by atoms with E-state index >= 15 is 0 Å². The summed E-state index contributed by atoms with van der Waals surface area (Å²) in [6.07, 6.45) is 3.87. The maximum absolute atomic E-state index is 12.0. The number of hydrogen-bond acceptors (Lipinski definition) is 5. The molecule has 0 saturated carbocycles. The molecule has 1 fully saturated rings. The van der Waals surface area contributed by atoms with E-state index in [4.69, 9.17) is 9.26 Å². The molecule has 7 heteroatoms. The number of aromatic amines is 1. The van der Waals surface area contributed by atoms with E-state index in [1.165, 1.54) is 0 Å². The first-order valence-corrected chi connectivity index (χ1v) is 6.52. The fourth-order valence-corrected chi connectivity index (χ4v) is 2.36. The summed E-state index contributed by atoms with van der Waals surface area (Å²) in [6.45, 7) is 2.99. The summed E-state index contributed by atoms with van der Waals surface area (Å²) >= 11 is 0. The lowest BCUT2D eigenvalue weighted by Gasteiger charge is -2.17. The largest absolute Gasteiger partial charge is 0.379 e. The van der Waals surface area contributed by atoms with E-state index in [2.05, 4.69) is 20.4 Å². The first-order valence-electron chi connectivity index (χ1n) is 6.52. The molecule has 1 saturated heterocycles. The van der Waals surface area contributed by atoms with Crippen LogP contribution in [-0.4, -0.2) is 40.3 Å². The minimum atomic E-state index is -0.218. The molecule has 0 unspecified atom stereocenters. The number of rotatable bonds is 4.